The summed E-state index contributed by atoms with van der Waals surface area (Å²) in [5.74, 6) is -0.291. The van der Waals surface area contributed by atoms with Crippen LogP contribution in [0.2, 0.25) is 0 Å². The van der Waals surface area contributed by atoms with Gasteiger partial charge in [0.2, 0.25) is 17.7 Å². The van der Waals surface area contributed by atoms with Gasteiger partial charge in [0.05, 0.1) is 23.9 Å². The number of alkyl halides is 3. The summed E-state index contributed by atoms with van der Waals surface area (Å²) in [7, 11) is 0. The lowest BCUT2D eigenvalue weighted by Crippen LogP contribution is -2.29. The number of rotatable bonds is 8. The number of halogens is 4. The molecule has 10 heteroatoms. The number of ether oxygens (including phenoxy) is 1. The van der Waals surface area contributed by atoms with Crippen molar-refractivity contribution in [2.75, 3.05) is 19.7 Å². The highest BCUT2D eigenvalue weighted by molar-refractivity contribution is 6.00. The van der Waals surface area contributed by atoms with Crippen LogP contribution >= 0.6 is 0 Å². The van der Waals surface area contributed by atoms with Gasteiger partial charge in [-0.2, -0.15) is 22.7 Å². The van der Waals surface area contributed by atoms with E-state index in [0.29, 0.717) is 41.7 Å². The van der Waals surface area contributed by atoms with Gasteiger partial charge in [-0.3, -0.25) is 9.89 Å². The molecule has 0 saturated carbocycles. The lowest BCUT2D eigenvalue weighted by molar-refractivity contribution is -0.128. The number of carbonyl (C=O) groups is 1. The van der Waals surface area contributed by atoms with Gasteiger partial charge in [0.25, 0.3) is 0 Å². The molecule has 0 radical (unpaired) electrons. The maximum absolute atomic E-state index is 14.3. The van der Waals surface area contributed by atoms with Crippen molar-refractivity contribution in [3.8, 4) is 5.88 Å². The van der Waals surface area contributed by atoms with E-state index in [1.165, 1.54) is 12.3 Å². The van der Waals surface area contributed by atoms with Crippen LogP contribution < -0.4 is 4.74 Å². The first-order chi connectivity index (χ1) is 18.3. The second-order valence-electron chi connectivity index (χ2n) is 9.00. The molecule has 196 valence electrons. The predicted octanol–water partition coefficient (Wildman–Crippen LogP) is 6.01. The van der Waals surface area contributed by atoms with Gasteiger partial charge in [-0.05, 0) is 46.9 Å². The summed E-state index contributed by atoms with van der Waals surface area (Å²) in [4.78, 5) is 17.8. The maximum atomic E-state index is 14.3. The van der Waals surface area contributed by atoms with Crippen LogP contribution in [0.4, 0.5) is 17.6 Å². The number of benzene rings is 2. The van der Waals surface area contributed by atoms with Gasteiger partial charge in [-0.1, -0.05) is 36.4 Å². The van der Waals surface area contributed by atoms with Crippen LogP contribution in [0.1, 0.15) is 36.0 Å². The van der Waals surface area contributed by atoms with Crippen molar-refractivity contribution >= 4 is 28.0 Å². The van der Waals surface area contributed by atoms with E-state index in [1.807, 2.05) is 0 Å². The van der Waals surface area contributed by atoms with E-state index < -0.39 is 18.5 Å². The number of H-pyrrole nitrogens is 1. The summed E-state index contributed by atoms with van der Waals surface area (Å²) in [6, 6.07) is 16.2. The molecular formula is C28H24F4N4O2. The van der Waals surface area contributed by atoms with Crippen LogP contribution in [0, 0.1) is 5.95 Å². The highest BCUT2D eigenvalue weighted by Crippen LogP contribution is 2.40. The number of allylic oxidation sites excluding steroid dienone is 1. The molecule has 1 fully saturated rings. The molecule has 0 spiro atoms. The van der Waals surface area contributed by atoms with Crippen molar-refractivity contribution in [3.63, 3.8) is 0 Å². The second-order valence-corrected chi connectivity index (χ2v) is 9.00. The molecule has 1 amide bonds. The number of carbonyl (C=O) groups excluding carboxylic acids is 1. The lowest BCUT2D eigenvalue weighted by Gasteiger charge is -2.19. The van der Waals surface area contributed by atoms with Gasteiger partial charge in [-0.15, -0.1) is 0 Å². The molecule has 0 unspecified atom stereocenters. The van der Waals surface area contributed by atoms with Crippen molar-refractivity contribution in [3.05, 3.63) is 89.5 Å². The number of nitrogens with zero attached hydrogens (tertiary/aromatic N) is 3. The molecule has 5 rings (SSSR count). The smallest absolute Gasteiger partial charge is 0.393 e. The molecule has 3 heterocycles. The summed E-state index contributed by atoms with van der Waals surface area (Å²) in [5, 5.41) is 6.31. The third-order valence-electron chi connectivity index (χ3n) is 6.41. The summed E-state index contributed by atoms with van der Waals surface area (Å²) in [5.41, 5.74) is 1.87. The average Bonchev–Trinajstić information content (AvgIpc) is 3.49. The van der Waals surface area contributed by atoms with Crippen LogP contribution in [0.15, 0.2) is 66.9 Å². The summed E-state index contributed by atoms with van der Waals surface area (Å²) >= 11 is 0. The number of pyridine rings is 1. The van der Waals surface area contributed by atoms with Crippen LogP contribution in [0.3, 0.4) is 0 Å². The molecule has 0 bridgehead atoms. The Morgan fingerprint density at radius 3 is 2.50 bits per heavy atom. The number of likely N-dealkylation sites (tertiary alicyclic amines) is 1. The Morgan fingerprint density at radius 2 is 1.82 bits per heavy atom. The van der Waals surface area contributed by atoms with Crippen LogP contribution in [0.25, 0.3) is 22.0 Å². The second kappa shape index (κ2) is 10.6. The normalized spacial score (nSPS) is 14.7. The van der Waals surface area contributed by atoms with E-state index in [0.717, 1.165) is 6.42 Å². The summed E-state index contributed by atoms with van der Waals surface area (Å²) < 4.78 is 61.5. The van der Waals surface area contributed by atoms with E-state index in [2.05, 4.69) is 15.2 Å². The van der Waals surface area contributed by atoms with Gasteiger partial charge in [0.1, 0.15) is 6.61 Å². The van der Waals surface area contributed by atoms with E-state index in [-0.39, 0.29) is 34.9 Å². The van der Waals surface area contributed by atoms with E-state index in [4.69, 9.17) is 4.74 Å². The number of nitrogens with one attached hydrogen (secondary N) is 1. The number of aromatic amines is 1. The fraction of sp³-hybridized carbons (Fsp3) is 0.250. The van der Waals surface area contributed by atoms with Gasteiger partial charge in [0, 0.05) is 30.8 Å². The standard InChI is InChI=1S/C28H24F4N4O2/c29-27-21-15-19(8-10-23(21)34-35-27)26(22(16-28(30,31)32)18-5-2-1-3-6-18)20-9-11-24(33-17-20)38-14-13-36-12-4-7-25(36)37/h1-3,5-6,8-11,15,17H,4,7,12-14,16H2,(H,34,35). The Bertz CT molecular complexity index is 1460. The van der Waals surface area contributed by atoms with Crippen molar-refractivity contribution < 1.29 is 27.1 Å². The Labute approximate surface area is 215 Å². The SMILES string of the molecule is O=C1CCCN1CCOc1ccc(C(=C(CC(F)(F)F)c2ccccc2)c2ccc3n[nH]c(F)c3c2)cn1. The number of hydrogen-bond acceptors (Lipinski definition) is 4. The van der Waals surface area contributed by atoms with Crippen LogP contribution in [-0.4, -0.2) is 51.9 Å². The minimum absolute atomic E-state index is 0.0318. The largest absolute Gasteiger partial charge is 0.476 e. The van der Waals surface area contributed by atoms with Crippen molar-refractivity contribution in [2.24, 2.45) is 0 Å². The lowest BCUT2D eigenvalue weighted by atomic mass is 9.88. The molecule has 6 nitrogen and oxygen atoms in total. The number of hydrogen-bond donors (Lipinski definition) is 1. The fourth-order valence-corrected chi connectivity index (χ4v) is 4.64. The topological polar surface area (TPSA) is 71.1 Å². The molecule has 2 aromatic carbocycles. The fourth-order valence-electron chi connectivity index (χ4n) is 4.64. The molecule has 1 N–H and O–H groups in total. The third-order valence-corrected chi connectivity index (χ3v) is 6.41. The van der Waals surface area contributed by atoms with Crippen molar-refractivity contribution in [1.82, 2.24) is 20.1 Å². The predicted molar refractivity (Wildman–Crippen MR) is 135 cm³/mol. The van der Waals surface area contributed by atoms with Gasteiger partial charge >= 0.3 is 6.18 Å². The van der Waals surface area contributed by atoms with Gasteiger partial charge in [-0.25, -0.2) is 4.98 Å². The highest BCUT2D eigenvalue weighted by atomic mass is 19.4. The van der Waals surface area contributed by atoms with Crippen LogP contribution in [-0.2, 0) is 4.79 Å². The zero-order valence-electron chi connectivity index (χ0n) is 20.3. The average molecular weight is 525 g/mol. The quantitative estimate of drug-likeness (QED) is 0.226. The molecular weight excluding hydrogens is 500 g/mol. The molecule has 1 saturated heterocycles. The first-order valence-corrected chi connectivity index (χ1v) is 12.1. The van der Waals surface area contributed by atoms with Gasteiger partial charge < -0.3 is 9.64 Å². The van der Waals surface area contributed by atoms with Crippen molar-refractivity contribution in [2.45, 2.75) is 25.4 Å². The summed E-state index contributed by atoms with van der Waals surface area (Å²) in [6.45, 7) is 1.39. The zero-order chi connectivity index (χ0) is 26.7. The third kappa shape index (κ3) is 5.69. The van der Waals surface area contributed by atoms with E-state index in [1.54, 1.807) is 59.5 Å². The first kappa shape index (κ1) is 25.4. The van der Waals surface area contributed by atoms with E-state index >= 15 is 0 Å². The summed E-state index contributed by atoms with van der Waals surface area (Å²) in [6.07, 6.45) is -2.87. The molecule has 38 heavy (non-hydrogen) atoms. The Kier molecular flexibility index (Phi) is 7.13. The Hall–Kier alpha value is -4.21. The molecule has 1 aliphatic rings. The molecule has 1 aliphatic heterocycles. The minimum Gasteiger partial charge on any atom is -0.476 e. The minimum atomic E-state index is -4.50. The number of amides is 1. The van der Waals surface area contributed by atoms with Gasteiger partial charge in [0.15, 0.2) is 0 Å². The monoisotopic (exact) mass is 524 g/mol. The van der Waals surface area contributed by atoms with Crippen LogP contribution in [0.5, 0.6) is 5.88 Å². The maximum Gasteiger partial charge on any atom is 0.393 e. The Balaban J connectivity index is 1.55. The first-order valence-electron chi connectivity index (χ1n) is 12.1. The molecule has 0 aliphatic carbocycles. The number of fused-ring (bicyclic) bond motifs is 1. The molecule has 4 aromatic rings. The highest BCUT2D eigenvalue weighted by Gasteiger charge is 2.32. The number of aromatic nitrogens is 3. The van der Waals surface area contributed by atoms with Crippen molar-refractivity contribution in [1.29, 1.82) is 0 Å². The Morgan fingerprint density at radius 1 is 1.03 bits per heavy atom. The van der Waals surface area contributed by atoms with E-state index in [9.17, 15) is 22.4 Å². The molecule has 0 atom stereocenters. The zero-order valence-corrected chi connectivity index (χ0v) is 20.3. The molecule has 2 aromatic heterocycles.